The summed E-state index contributed by atoms with van der Waals surface area (Å²) in [6, 6.07) is 14.4. The van der Waals surface area contributed by atoms with Crippen LogP contribution in [-0.4, -0.2) is 62.3 Å². The van der Waals surface area contributed by atoms with Crippen LogP contribution < -0.4 is 10.1 Å². The molecule has 1 aliphatic rings. The van der Waals surface area contributed by atoms with E-state index in [0.29, 0.717) is 13.0 Å². The molecule has 4 rings (SSSR count). The predicted octanol–water partition coefficient (Wildman–Crippen LogP) is 3.71. The van der Waals surface area contributed by atoms with E-state index in [-0.39, 0.29) is 11.8 Å². The van der Waals surface area contributed by atoms with Gasteiger partial charge in [0.1, 0.15) is 5.75 Å². The zero-order chi connectivity index (χ0) is 22.3. The van der Waals surface area contributed by atoms with Crippen LogP contribution >= 0.6 is 0 Å². The van der Waals surface area contributed by atoms with Crippen LogP contribution in [0.2, 0.25) is 0 Å². The summed E-state index contributed by atoms with van der Waals surface area (Å²) in [4.78, 5) is 18.8. The Kier molecular flexibility index (Phi) is 7.45. The minimum atomic E-state index is -0.0608. The molecule has 1 aromatic heterocycles. The lowest BCUT2D eigenvalue weighted by atomic mass is 9.87. The monoisotopic (exact) mass is 435 g/mol. The average molecular weight is 436 g/mol. The first-order valence-electron chi connectivity index (χ1n) is 11.5. The van der Waals surface area contributed by atoms with E-state index in [2.05, 4.69) is 52.6 Å². The average Bonchev–Trinajstić information content (AvgIpc) is 3.27. The first kappa shape index (κ1) is 22.4. The number of aromatic nitrogens is 1. The van der Waals surface area contributed by atoms with Crippen molar-refractivity contribution < 1.29 is 14.3 Å². The number of carbonyl (C=O) groups excluding carboxylic acids is 1. The van der Waals surface area contributed by atoms with Gasteiger partial charge in [-0.3, -0.25) is 9.69 Å². The summed E-state index contributed by atoms with van der Waals surface area (Å²) < 4.78 is 10.9. The Balaban J connectivity index is 1.55. The largest absolute Gasteiger partial charge is 0.497 e. The molecular weight excluding hydrogens is 402 g/mol. The van der Waals surface area contributed by atoms with Gasteiger partial charge in [-0.2, -0.15) is 0 Å². The SMILES string of the molecule is CCc1cccc2c(C(CC(=O)NCCN3CCOCC3)c3cccc(OC)c3)c[nH]c12. The lowest BCUT2D eigenvalue weighted by Gasteiger charge is -2.26. The van der Waals surface area contributed by atoms with Crippen molar-refractivity contribution in [1.29, 1.82) is 0 Å². The lowest BCUT2D eigenvalue weighted by Crippen LogP contribution is -2.41. The molecule has 1 amide bonds. The Labute approximate surface area is 189 Å². The summed E-state index contributed by atoms with van der Waals surface area (Å²) in [5, 5.41) is 4.31. The summed E-state index contributed by atoms with van der Waals surface area (Å²) >= 11 is 0. The van der Waals surface area contributed by atoms with E-state index < -0.39 is 0 Å². The van der Waals surface area contributed by atoms with Crippen LogP contribution in [0.5, 0.6) is 5.75 Å². The smallest absolute Gasteiger partial charge is 0.220 e. The number of morpholine rings is 1. The van der Waals surface area contributed by atoms with E-state index in [0.717, 1.165) is 61.7 Å². The maximum absolute atomic E-state index is 13.0. The molecule has 1 saturated heterocycles. The van der Waals surface area contributed by atoms with Crippen LogP contribution in [-0.2, 0) is 16.0 Å². The van der Waals surface area contributed by atoms with Crippen LogP contribution in [0.4, 0.5) is 0 Å². The number of carbonyl (C=O) groups is 1. The van der Waals surface area contributed by atoms with Crippen molar-refractivity contribution in [2.75, 3.05) is 46.5 Å². The molecular formula is C26H33N3O3. The second-order valence-electron chi connectivity index (χ2n) is 8.27. The van der Waals surface area contributed by atoms with Crippen LogP contribution in [0.3, 0.4) is 0 Å². The van der Waals surface area contributed by atoms with Gasteiger partial charge in [-0.05, 0) is 35.2 Å². The molecule has 32 heavy (non-hydrogen) atoms. The van der Waals surface area contributed by atoms with E-state index in [4.69, 9.17) is 9.47 Å². The standard InChI is InChI=1S/C26H33N3O3/c1-3-19-6-5-9-22-24(18-28-26(19)22)23(20-7-4-8-21(16-20)31-2)17-25(30)27-10-11-29-12-14-32-15-13-29/h4-9,16,18,23,28H,3,10-15,17H2,1-2H3,(H,27,30). The van der Waals surface area contributed by atoms with E-state index in [1.165, 1.54) is 10.9 Å². The van der Waals surface area contributed by atoms with Gasteiger partial charge >= 0.3 is 0 Å². The van der Waals surface area contributed by atoms with Crippen molar-refractivity contribution in [3.63, 3.8) is 0 Å². The molecule has 170 valence electrons. The number of ether oxygens (including phenoxy) is 2. The Morgan fingerprint density at radius 2 is 2.03 bits per heavy atom. The van der Waals surface area contributed by atoms with Crippen molar-refractivity contribution in [2.24, 2.45) is 0 Å². The molecule has 0 aliphatic carbocycles. The minimum absolute atomic E-state index is 0.0608. The highest BCUT2D eigenvalue weighted by atomic mass is 16.5. The van der Waals surface area contributed by atoms with Gasteiger partial charge in [0, 0.05) is 55.6 Å². The molecule has 2 aromatic carbocycles. The minimum Gasteiger partial charge on any atom is -0.497 e. The zero-order valence-corrected chi connectivity index (χ0v) is 19.0. The van der Waals surface area contributed by atoms with Gasteiger partial charge in [0.2, 0.25) is 5.91 Å². The first-order valence-corrected chi connectivity index (χ1v) is 11.5. The molecule has 0 saturated carbocycles. The van der Waals surface area contributed by atoms with E-state index in [9.17, 15) is 4.79 Å². The highest BCUT2D eigenvalue weighted by Crippen LogP contribution is 2.35. The first-order chi connectivity index (χ1) is 15.7. The van der Waals surface area contributed by atoms with Crippen LogP contribution in [0.25, 0.3) is 10.9 Å². The summed E-state index contributed by atoms with van der Waals surface area (Å²) in [5.74, 6) is 0.802. The Morgan fingerprint density at radius 3 is 2.81 bits per heavy atom. The molecule has 0 spiro atoms. The van der Waals surface area contributed by atoms with Crippen molar-refractivity contribution in [3.05, 3.63) is 65.4 Å². The number of para-hydroxylation sites is 1. The maximum Gasteiger partial charge on any atom is 0.220 e. The van der Waals surface area contributed by atoms with Gasteiger partial charge in [0.05, 0.1) is 20.3 Å². The van der Waals surface area contributed by atoms with Gasteiger partial charge in [0.15, 0.2) is 0 Å². The molecule has 0 radical (unpaired) electrons. The highest BCUT2D eigenvalue weighted by molar-refractivity contribution is 5.88. The van der Waals surface area contributed by atoms with Crippen molar-refractivity contribution in [1.82, 2.24) is 15.2 Å². The topological polar surface area (TPSA) is 66.6 Å². The van der Waals surface area contributed by atoms with Gasteiger partial charge in [-0.1, -0.05) is 37.3 Å². The molecule has 3 aromatic rings. The quantitative estimate of drug-likeness (QED) is 0.538. The normalized spacial score (nSPS) is 15.6. The number of benzene rings is 2. The maximum atomic E-state index is 13.0. The Morgan fingerprint density at radius 1 is 1.22 bits per heavy atom. The Hall–Kier alpha value is -2.83. The zero-order valence-electron chi connectivity index (χ0n) is 19.0. The highest BCUT2D eigenvalue weighted by Gasteiger charge is 2.22. The second-order valence-corrected chi connectivity index (χ2v) is 8.27. The third kappa shape index (κ3) is 5.14. The summed E-state index contributed by atoms with van der Waals surface area (Å²) in [6.07, 6.45) is 3.41. The molecule has 6 nitrogen and oxygen atoms in total. The molecule has 2 heterocycles. The second kappa shape index (κ2) is 10.7. The molecule has 2 N–H and O–H groups in total. The van der Waals surface area contributed by atoms with Crippen LogP contribution in [0.15, 0.2) is 48.7 Å². The number of nitrogens with one attached hydrogen (secondary N) is 2. The number of amides is 1. The number of methoxy groups -OCH3 is 1. The molecule has 1 unspecified atom stereocenters. The number of hydrogen-bond donors (Lipinski definition) is 2. The third-order valence-corrected chi connectivity index (χ3v) is 6.33. The van der Waals surface area contributed by atoms with Crippen LogP contribution in [0.1, 0.15) is 36.0 Å². The van der Waals surface area contributed by atoms with E-state index in [1.807, 2.05) is 18.2 Å². The van der Waals surface area contributed by atoms with Crippen LogP contribution in [0, 0.1) is 0 Å². The summed E-state index contributed by atoms with van der Waals surface area (Å²) in [7, 11) is 1.67. The van der Waals surface area contributed by atoms with E-state index in [1.54, 1.807) is 7.11 Å². The van der Waals surface area contributed by atoms with Gasteiger partial charge in [-0.15, -0.1) is 0 Å². The number of fused-ring (bicyclic) bond motifs is 1. The lowest BCUT2D eigenvalue weighted by molar-refractivity contribution is -0.121. The number of nitrogens with zero attached hydrogens (tertiary/aromatic N) is 1. The number of hydrogen-bond acceptors (Lipinski definition) is 4. The van der Waals surface area contributed by atoms with E-state index >= 15 is 0 Å². The predicted molar refractivity (Wildman–Crippen MR) is 127 cm³/mol. The fourth-order valence-electron chi connectivity index (χ4n) is 4.52. The number of rotatable bonds is 9. The molecule has 6 heteroatoms. The molecule has 1 aliphatic heterocycles. The molecule has 1 atom stereocenters. The van der Waals surface area contributed by atoms with Crippen molar-refractivity contribution >= 4 is 16.8 Å². The summed E-state index contributed by atoms with van der Waals surface area (Å²) in [5.41, 5.74) is 4.67. The van der Waals surface area contributed by atoms with Gasteiger partial charge in [-0.25, -0.2) is 0 Å². The van der Waals surface area contributed by atoms with Gasteiger partial charge < -0.3 is 19.8 Å². The van der Waals surface area contributed by atoms with Crippen molar-refractivity contribution in [3.8, 4) is 5.75 Å². The van der Waals surface area contributed by atoms with Crippen molar-refractivity contribution in [2.45, 2.75) is 25.7 Å². The number of aryl methyl sites for hydroxylation is 1. The van der Waals surface area contributed by atoms with Gasteiger partial charge in [0.25, 0.3) is 0 Å². The summed E-state index contributed by atoms with van der Waals surface area (Å²) in [6.45, 7) is 7.06. The number of H-pyrrole nitrogens is 1. The Bertz CT molecular complexity index is 1040. The third-order valence-electron chi connectivity index (χ3n) is 6.33. The molecule has 1 fully saturated rings. The fourth-order valence-corrected chi connectivity index (χ4v) is 4.52. The number of aromatic amines is 1. The fraction of sp³-hybridized carbons (Fsp3) is 0.423. The molecule has 0 bridgehead atoms.